The van der Waals surface area contributed by atoms with Gasteiger partial charge in [-0.25, -0.2) is 4.79 Å². The van der Waals surface area contributed by atoms with Crippen molar-refractivity contribution in [1.29, 1.82) is 0 Å². The fourth-order valence-corrected chi connectivity index (χ4v) is 1.19. The maximum absolute atomic E-state index is 10.5. The molecule has 3 N–H and O–H groups in total. The summed E-state index contributed by atoms with van der Waals surface area (Å²) in [4.78, 5) is 10.5. The fourth-order valence-electron chi connectivity index (χ4n) is 1.19. The highest BCUT2D eigenvalue weighted by atomic mass is 16.5. The van der Waals surface area contributed by atoms with Crippen LogP contribution in [0.1, 0.15) is 10.6 Å². The minimum absolute atomic E-state index is 0.259. The van der Waals surface area contributed by atoms with E-state index in [4.69, 9.17) is 10.2 Å². The van der Waals surface area contributed by atoms with E-state index in [1.165, 1.54) is 24.3 Å². The lowest BCUT2D eigenvalue weighted by Crippen LogP contribution is -1.91. The second-order valence-electron chi connectivity index (χ2n) is 3.09. The number of phenols is 2. The average molecular weight is 221 g/mol. The van der Waals surface area contributed by atoms with Crippen LogP contribution < -0.4 is 0 Å². The van der Waals surface area contributed by atoms with Gasteiger partial charge in [0.15, 0.2) is 11.5 Å². The van der Waals surface area contributed by atoms with Crippen molar-refractivity contribution in [2.75, 3.05) is 0 Å². The summed E-state index contributed by atoms with van der Waals surface area (Å²) in [5.41, 5.74) is 0.722. The van der Waals surface area contributed by atoms with Gasteiger partial charge in [0.1, 0.15) is 5.69 Å². The van der Waals surface area contributed by atoms with Crippen molar-refractivity contribution in [3.63, 3.8) is 0 Å². The minimum atomic E-state index is -1.22. The van der Waals surface area contributed by atoms with Crippen molar-refractivity contribution in [2.24, 2.45) is 0 Å². The number of nitrogens with zero attached hydrogens (tertiary/aromatic N) is 1. The first-order chi connectivity index (χ1) is 7.58. The van der Waals surface area contributed by atoms with Gasteiger partial charge in [-0.3, -0.25) is 0 Å². The molecule has 0 saturated heterocycles. The number of aromatic nitrogens is 1. The van der Waals surface area contributed by atoms with E-state index in [1.807, 2.05) is 0 Å². The number of carbonyl (C=O) groups is 1. The van der Waals surface area contributed by atoms with E-state index in [0.29, 0.717) is 5.56 Å². The molecular weight excluding hydrogens is 214 g/mol. The highest BCUT2D eigenvalue weighted by molar-refractivity contribution is 5.85. The molecule has 82 valence electrons. The van der Waals surface area contributed by atoms with Crippen molar-refractivity contribution in [1.82, 2.24) is 5.16 Å². The quantitative estimate of drug-likeness (QED) is 0.663. The molecule has 0 radical (unpaired) electrons. The highest BCUT2D eigenvalue weighted by Crippen LogP contribution is 2.30. The summed E-state index contributed by atoms with van der Waals surface area (Å²) in [7, 11) is 0. The second-order valence-corrected chi connectivity index (χ2v) is 3.09. The fraction of sp³-hybridized carbons (Fsp3) is 0. The van der Waals surface area contributed by atoms with Gasteiger partial charge in [-0.05, 0) is 18.2 Å². The Morgan fingerprint density at radius 2 is 1.94 bits per heavy atom. The third kappa shape index (κ3) is 1.68. The number of hydrogen-bond acceptors (Lipinski definition) is 5. The standard InChI is InChI=1S/C10H7NO5/c12-7-2-1-5(3-8(7)13)6-4-9(10(14)15)16-11-6/h1-4,12-13H,(H,14,15). The topological polar surface area (TPSA) is 104 Å². The van der Waals surface area contributed by atoms with E-state index >= 15 is 0 Å². The van der Waals surface area contributed by atoms with Crippen molar-refractivity contribution in [2.45, 2.75) is 0 Å². The Balaban J connectivity index is 2.42. The number of hydrogen-bond donors (Lipinski definition) is 3. The van der Waals surface area contributed by atoms with Gasteiger partial charge < -0.3 is 19.8 Å². The van der Waals surface area contributed by atoms with Crippen LogP contribution >= 0.6 is 0 Å². The molecule has 16 heavy (non-hydrogen) atoms. The molecule has 1 aromatic carbocycles. The summed E-state index contributed by atoms with van der Waals surface area (Å²) in [6, 6.07) is 5.26. The molecule has 2 aromatic rings. The zero-order valence-electron chi connectivity index (χ0n) is 7.91. The summed E-state index contributed by atoms with van der Waals surface area (Å²) in [5.74, 6) is -2.08. The van der Waals surface area contributed by atoms with Gasteiger partial charge in [-0.2, -0.15) is 0 Å². The van der Waals surface area contributed by atoms with Crippen LogP contribution in [0.25, 0.3) is 11.3 Å². The largest absolute Gasteiger partial charge is 0.504 e. The van der Waals surface area contributed by atoms with E-state index in [0.717, 1.165) is 0 Å². The molecule has 2 rings (SSSR count). The molecule has 0 aliphatic rings. The molecule has 0 unspecified atom stereocenters. The number of rotatable bonds is 2. The van der Waals surface area contributed by atoms with Crippen LogP contribution in [0, 0.1) is 0 Å². The molecule has 0 aliphatic carbocycles. The Labute approximate surface area is 89.4 Å². The molecule has 0 saturated carbocycles. The van der Waals surface area contributed by atoms with Crippen molar-refractivity contribution < 1.29 is 24.6 Å². The maximum Gasteiger partial charge on any atom is 0.374 e. The Morgan fingerprint density at radius 1 is 1.19 bits per heavy atom. The van der Waals surface area contributed by atoms with Gasteiger partial charge in [-0.1, -0.05) is 5.16 Å². The van der Waals surface area contributed by atoms with Crippen molar-refractivity contribution in [3.05, 3.63) is 30.0 Å². The van der Waals surface area contributed by atoms with Gasteiger partial charge in [-0.15, -0.1) is 0 Å². The molecule has 0 aliphatic heterocycles. The minimum Gasteiger partial charge on any atom is -0.504 e. The molecule has 6 heteroatoms. The van der Waals surface area contributed by atoms with Gasteiger partial charge >= 0.3 is 5.97 Å². The number of phenolic OH excluding ortho intramolecular Hbond substituents is 2. The predicted molar refractivity (Wildman–Crippen MR) is 52.2 cm³/mol. The van der Waals surface area contributed by atoms with E-state index < -0.39 is 5.97 Å². The number of aromatic carboxylic acids is 1. The smallest absolute Gasteiger partial charge is 0.374 e. The first-order valence-corrected chi connectivity index (χ1v) is 4.30. The molecule has 6 nitrogen and oxygen atoms in total. The highest BCUT2D eigenvalue weighted by Gasteiger charge is 2.13. The van der Waals surface area contributed by atoms with Gasteiger partial charge in [0.2, 0.25) is 5.76 Å². The van der Waals surface area contributed by atoms with Crippen molar-refractivity contribution in [3.8, 4) is 22.8 Å². The lowest BCUT2D eigenvalue weighted by Gasteiger charge is -1.98. The molecule has 0 spiro atoms. The normalized spacial score (nSPS) is 10.2. The maximum atomic E-state index is 10.5. The Morgan fingerprint density at radius 3 is 2.50 bits per heavy atom. The zero-order chi connectivity index (χ0) is 11.7. The molecule has 0 bridgehead atoms. The monoisotopic (exact) mass is 221 g/mol. The van der Waals surface area contributed by atoms with Crippen molar-refractivity contribution >= 4 is 5.97 Å². The van der Waals surface area contributed by atoms with Crippen LogP contribution in [0.15, 0.2) is 28.8 Å². The lowest BCUT2D eigenvalue weighted by atomic mass is 10.1. The van der Waals surface area contributed by atoms with Crippen LogP contribution in [0.5, 0.6) is 11.5 Å². The van der Waals surface area contributed by atoms with Crippen LogP contribution in [-0.4, -0.2) is 26.4 Å². The molecule has 0 atom stereocenters. The first kappa shape index (κ1) is 10.0. The Bertz CT molecular complexity index is 546. The van der Waals surface area contributed by atoms with E-state index in [2.05, 4.69) is 9.68 Å². The number of carboxylic acids is 1. The summed E-state index contributed by atoms with van der Waals surface area (Å²) >= 11 is 0. The molecule has 1 aromatic heterocycles. The summed E-state index contributed by atoms with van der Waals surface area (Å²) in [6.45, 7) is 0. The molecule has 0 amide bonds. The van der Waals surface area contributed by atoms with E-state index in [9.17, 15) is 9.90 Å². The van der Waals surface area contributed by atoms with Gasteiger partial charge in [0, 0.05) is 11.6 Å². The lowest BCUT2D eigenvalue weighted by molar-refractivity contribution is 0.0652. The molecular formula is C10H7NO5. The average Bonchev–Trinajstić information content (AvgIpc) is 2.71. The van der Waals surface area contributed by atoms with Gasteiger partial charge in [0.25, 0.3) is 0 Å². The van der Waals surface area contributed by atoms with E-state index in [-0.39, 0.29) is 23.0 Å². The van der Waals surface area contributed by atoms with Crippen LogP contribution in [0.3, 0.4) is 0 Å². The third-order valence-electron chi connectivity index (χ3n) is 1.99. The van der Waals surface area contributed by atoms with E-state index in [1.54, 1.807) is 0 Å². The number of aromatic hydroxyl groups is 2. The molecule has 0 fully saturated rings. The predicted octanol–water partition coefficient (Wildman–Crippen LogP) is 1.45. The summed E-state index contributed by atoms with van der Waals surface area (Å²) in [5, 5.41) is 30.5. The Hall–Kier alpha value is -2.50. The Kier molecular flexibility index (Phi) is 2.24. The van der Waals surface area contributed by atoms with Crippen LogP contribution in [0.4, 0.5) is 0 Å². The number of carboxylic acid groups (broad SMARTS) is 1. The summed E-state index contributed by atoms with van der Waals surface area (Å²) < 4.78 is 4.56. The van der Waals surface area contributed by atoms with Crippen LogP contribution in [0.2, 0.25) is 0 Å². The van der Waals surface area contributed by atoms with Gasteiger partial charge in [0.05, 0.1) is 0 Å². The first-order valence-electron chi connectivity index (χ1n) is 4.30. The molecule has 1 heterocycles. The SMILES string of the molecule is O=C(O)c1cc(-c2ccc(O)c(O)c2)no1. The zero-order valence-corrected chi connectivity index (χ0v) is 7.91. The number of benzene rings is 1. The third-order valence-corrected chi connectivity index (χ3v) is 1.99. The van der Waals surface area contributed by atoms with Crippen LogP contribution in [-0.2, 0) is 0 Å². The second kappa shape index (κ2) is 3.58. The summed E-state index contributed by atoms with van der Waals surface area (Å²) in [6.07, 6.45) is 0.